The molecule has 36 heavy (non-hydrogen) atoms. The van der Waals surface area contributed by atoms with Crippen LogP contribution >= 0.6 is 0 Å². The van der Waals surface area contributed by atoms with Gasteiger partial charge in [-0.1, -0.05) is 60.7 Å². The van der Waals surface area contributed by atoms with E-state index in [4.69, 9.17) is 15.2 Å². The van der Waals surface area contributed by atoms with Crippen LogP contribution in [0.3, 0.4) is 0 Å². The van der Waals surface area contributed by atoms with Gasteiger partial charge in [0.25, 0.3) is 0 Å². The predicted molar refractivity (Wildman–Crippen MR) is 141 cm³/mol. The summed E-state index contributed by atoms with van der Waals surface area (Å²) in [6.07, 6.45) is -0.706. The van der Waals surface area contributed by atoms with Crippen LogP contribution in [-0.4, -0.2) is 47.9 Å². The van der Waals surface area contributed by atoms with Gasteiger partial charge in [0.1, 0.15) is 5.60 Å². The number of ether oxygens (including phenoxy) is 2. The number of esters is 1. The van der Waals surface area contributed by atoms with E-state index in [0.29, 0.717) is 24.2 Å². The molecule has 3 N–H and O–H groups in total. The van der Waals surface area contributed by atoms with E-state index in [2.05, 4.69) is 0 Å². The number of anilines is 1. The summed E-state index contributed by atoms with van der Waals surface area (Å²) >= 11 is 0. The average molecular weight is 491 g/mol. The summed E-state index contributed by atoms with van der Waals surface area (Å²) in [6.45, 7) is 5.96. The molecule has 0 unspecified atom stereocenters. The SMILES string of the molecule is COC(=O)c1ccc(-c2ccc(CCN(C[C@H](O)c3ccccc3)C(=O)OC(C)(C)C)cc2)c(N)c1. The zero-order valence-electron chi connectivity index (χ0n) is 21.2. The molecule has 7 heteroatoms. The van der Waals surface area contributed by atoms with Crippen molar-refractivity contribution in [3.05, 3.63) is 89.5 Å². The molecular formula is C29H34N2O5. The van der Waals surface area contributed by atoms with Crippen LogP contribution in [0.1, 0.15) is 48.4 Å². The van der Waals surface area contributed by atoms with Gasteiger partial charge in [-0.2, -0.15) is 0 Å². The van der Waals surface area contributed by atoms with Crippen molar-refractivity contribution >= 4 is 17.7 Å². The molecule has 3 aromatic rings. The summed E-state index contributed by atoms with van der Waals surface area (Å²) < 4.78 is 10.3. The van der Waals surface area contributed by atoms with Crippen molar-refractivity contribution in [1.82, 2.24) is 4.90 Å². The third kappa shape index (κ3) is 7.33. The second-order valence-corrected chi connectivity index (χ2v) is 9.59. The highest BCUT2D eigenvalue weighted by atomic mass is 16.6. The molecule has 0 saturated carbocycles. The molecule has 0 aliphatic carbocycles. The van der Waals surface area contributed by atoms with Crippen LogP contribution in [-0.2, 0) is 15.9 Å². The van der Waals surface area contributed by atoms with Gasteiger partial charge in [-0.15, -0.1) is 0 Å². The van der Waals surface area contributed by atoms with E-state index in [9.17, 15) is 14.7 Å². The van der Waals surface area contributed by atoms with E-state index in [1.807, 2.05) is 75.4 Å². The molecule has 0 saturated heterocycles. The lowest BCUT2D eigenvalue weighted by atomic mass is 9.99. The fourth-order valence-corrected chi connectivity index (χ4v) is 3.76. The van der Waals surface area contributed by atoms with E-state index in [1.165, 1.54) is 7.11 Å². The Morgan fingerprint density at radius 2 is 1.67 bits per heavy atom. The van der Waals surface area contributed by atoms with Crippen molar-refractivity contribution < 1.29 is 24.2 Å². The molecule has 3 aromatic carbocycles. The highest BCUT2D eigenvalue weighted by molar-refractivity contribution is 5.92. The molecule has 0 heterocycles. The minimum absolute atomic E-state index is 0.125. The summed E-state index contributed by atoms with van der Waals surface area (Å²) in [6, 6.07) is 22.2. The number of carbonyl (C=O) groups excluding carboxylic acids is 2. The second kappa shape index (κ2) is 11.7. The number of nitrogens with two attached hydrogens (primary N) is 1. The minimum atomic E-state index is -0.822. The van der Waals surface area contributed by atoms with Gasteiger partial charge in [-0.05, 0) is 56.0 Å². The van der Waals surface area contributed by atoms with Crippen molar-refractivity contribution in [3.8, 4) is 11.1 Å². The van der Waals surface area contributed by atoms with Crippen LogP contribution in [0.25, 0.3) is 11.1 Å². The van der Waals surface area contributed by atoms with Crippen molar-refractivity contribution in [2.24, 2.45) is 0 Å². The Kier molecular flexibility index (Phi) is 8.72. The van der Waals surface area contributed by atoms with Crippen molar-refractivity contribution in [1.29, 1.82) is 0 Å². The molecular weight excluding hydrogens is 456 g/mol. The fourth-order valence-electron chi connectivity index (χ4n) is 3.76. The van der Waals surface area contributed by atoms with Gasteiger partial charge >= 0.3 is 12.1 Å². The lowest BCUT2D eigenvalue weighted by Crippen LogP contribution is -2.40. The minimum Gasteiger partial charge on any atom is -0.465 e. The number of methoxy groups -OCH3 is 1. The maximum absolute atomic E-state index is 12.9. The normalized spacial score (nSPS) is 12.0. The number of carbonyl (C=O) groups is 2. The first-order valence-corrected chi connectivity index (χ1v) is 11.9. The molecule has 0 aliphatic rings. The number of amides is 1. The largest absolute Gasteiger partial charge is 0.465 e. The molecule has 1 atom stereocenters. The number of hydrogen-bond acceptors (Lipinski definition) is 6. The molecule has 1 amide bonds. The van der Waals surface area contributed by atoms with Crippen molar-refractivity contribution in [2.75, 3.05) is 25.9 Å². The van der Waals surface area contributed by atoms with E-state index < -0.39 is 23.8 Å². The smallest absolute Gasteiger partial charge is 0.410 e. The number of aliphatic hydroxyl groups excluding tert-OH is 1. The van der Waals surface area contributed by atoms with Crippen LogP contribution < -0.4 is 5.73 Å². The monoisotopic (exact) mass is 490 g/mol. The zero-order valence-corrected chi connectivity index (χ0v) is 21.2. The number of nitrogens with zero attached hydrogens (tertiary/aromatic N) is 1. The lowest BCUT2D eigenvalue weighted by molar-refractivity contribution is 0.0147. The molecule has 0 fully saturated rings. The summed E-state index contributed by atoms with van der Waals surface area (Å²) in [5.41, 5.74) is 9.90. The molecule has 0 radical (unpaired) electrons. The highest BCUT2D eigenvalue weighted by Crippen LogP contribution is 2.27. The highest BCUT2D eigenvalue weighted by Gasteiger charge is 2.24. The van der Waals surface area contributed by atoms with Crippen molar-refractivity contribution in [2.45, 2.75) is 38.9 Å². The van der Waals surface area contributed by atoms with Crippen molar-refractivity contribution in [3.63, 3.8) is 0 Å². The first kappa shape index (κ1) is 26.8. The Morgan fingerprint density at radius 3 is 2.25 bits per heavy atom. The number of benzene rings is 3. The standard InChI is InChI=1S/C29H34N2O5/c1-29(2,3)36-28(34)31(19-26(32)22-8-6-5-7-9-22)17-16-20-10-12-21(13-11-20)24-15-14-23(18-25(24)30)27(33)35-4/h5-15,18,26,32H,16-17,19,30H2,1-4H3/t26-/m0/s1. The maximum Gasteiger partial charge on any atom is 0.410 e. The van der Waals surface area contributed by atoms with Crippen LogP contribution in [0.4, 0.5) is 10.5 Å². The Bertz CT molecular complexity index is 1170. The van der Waals surface area contributed by atoms with Gasteiger partial charge in [0.15, 0.2) is 0 Å². The summed E-state index contributed by atoms with van der Waals surface area (Å²) in [7, 11) is 1.33. The van der Waals surface area contributed by atoms with E-state index >= 15 is 0 Å². The number of rotatable bonds is 8. The molecule has 0 bridgehead atoms. The van der Waals surface area contributed by atoms with Gasteiger partial charge in [0.05, 0.1) is 25.3 Å². The Morgan fingerprint density at radius 1 is 1.00 bits per heavy atom. The Hall–Kier alpha value is -3.84. The lowest BCUT2D eigenvalue weighted by Gasteiger charge is -2.29. The molecule has 7 nitrogen and oxygen atoms in total. The van der Waals surface area contributed by atoms with Gasteiger partial charge in [-0.25, -0.2) is 9.59 Å². The predicted octanol–water partition coefficient (Wildman–Crippen LogP) is 5.24. The molecule has 190 valence electrons. The van der Waals surface area contributed by atoms with Gasteiger partial charge in [0, 0.05) is 17.8 Å². The van der Waals surface area contributed by atoms with Gasteiger partial charge in [0.2, 0.25) is 0 Å². The first-order chi connectivity index (χ1) is 17.1. The number of nitrogen functional groups attached to an aromatic ring is 1. The summed E-state index contributed by atoms with van der Waals surface area (Å²) in [5.74, 6) is -0.435. The summed E-state index contributed by atoms with van der Waals surface area (Å²) in [4.78, 5) is 26.1. The van der Waals surface area contributed by atoms with Crippen LogP contribution in [0.2, 0.25) is 0 Å². The third-order valence-corrected chi connectivity index (χ3v) is 5.64. The Balaban J connectivity index is 1.71. The topological polar surface area (TPSA) is 102 Å². The second-order valence-electron chi connectivity index (χ2n) is 9.59. The average Bonchev–Trinajstić information content (AvgIpc) is 2.85. The fraction of sp³-hybridized carbons (Fsp3) is 0.310. The number of aliphatic hydroxyl groups is 1. The van der Waals surface area contributed by atoms with E-state index in [-0.39, 0.29) is 6.54 Å². The molecule has 3 rings (SSSR count). The first-order valence-electron chi connectivity index (χ1n) is 11.9. The van der Waals surface area contributed by atoms with Gasteiger partial charge in [-0.3, -0.25) is 0 Å². The van der Waals surface area contributed by atoms with Crippen LogP contribution in [0.5, 0.6) is 0 Å². The zero-order chi connectivity index (χ0) is 26.3. The maximum atomic E-state index is 12.9. The molecule has 0 spiro atoms. The Labute approximate surface area is 212 Å². The quantitative estimate of drug-likeness (QED) is 0.331. The third-order valence-electron chi connectivity index (χ3n) is 5.64. The van der Waals surface area contributed by atoms with E-state index in [0.717, 1.165) is 22.3 Å². The molecule has 0 aromatic heterocycles. The van der Waals surface area contributed by atoms with Crippen LogP contribution in [0, 0.1) is 0 Å². The summed E-state index contributed by atoms with van der Waals surface area (Å²) in [5, 5.41) is 10.7. The van der Waals surface area contributed by atoms with Crippen LogP contribution in [0.15, 0.2) is 72.8 Å². The molecule has 0 aliphatic heterocycles. The van der Waals surface area contributed by atoms with Gasteiger partial charge < -0.3 is 25.2 Å². The number of hydrogen-bond donors (Lipinski definition) is 2. The van der Waals surface area contributed by atoms with E-state index in [1.54, 1.807) is 23.1 Å².